The van der Waals surface area contributed by atoms with Gasteiger partial charge in [0.2, 0.25) is 12.7 Å². The van der Waals surface area contributed by atoms with Crippen LogP contribution >= 0.6 is 0 Å². The molecule has 3 heterocycles. The Balaban J connectivity index is 1.23. The number of carbonyl (C=O) groups excluding carboxylic acids is 2. The SMILES string of the molecule is CN(C)C(=O)N1CCC(C(=O)N2CCN(Cc3ccc4c(c3)OCO4)CC2)CC1. The molecule has 3 amide bonds. The molecular weight excluding hydrogens is 372 g/mol. The minimum atomic E-state index is 0.0352. The molecule has 1 aromatic rings. The molecule has 158 valence electrons. The van der Waals surface area contributed by atoms with Crippen LogP contribution in [0.2, 0.25) is 0 Å². The van der Waals surface area contributed by atoms with Gasteiger partial charge in [0.25, 0.3) is 0 Å². The van der Waals surface area contributed by atoms with Gasteiger partial charge in [-0.2, -0.15) is 0 Å². The smallest absolute Gasteiger partial charge is 0.319 e. The van der Waals surface area contributed by atoms with Gasteiger partial charge in [-0.25, -0.2) is 4.79 Å². The molecule has 3 aliphatic rings. The minimum Gasteiger partial charge on any atom is -0.454 e. The van der Waals surface area contributed by atoms with Gasteiger partial charge in [0.05, 0.1) is 0 Å². The Hall–Kier alpha value is -2.48. The van der Waals surface area contributed by atoms with Crippen molar-refractivity contribution >= 4 is 11.9 Å². The van der Waals surface area contributed by atoms with E-state index in [-0.39, 0.29) is 17.9 Å². The zero-order chi connectivity index (χ0) is 20.4. The van der Waals surface area contributed by atoms with E-state index in [1.54, 1.807) is 19.0 Å². The number of urea groups is 1. The molecule has 0 saturated carbocycles. The summed E-state index contributed by atoms with van der Waals surface area (Å²) < 4.78 is 10.8. The van der Waals surface area contributed by atoms with Gasteiger partial charge in [-0.3, -0.25) is 9.69 Å². The number of hydrogen-bond acceptors (Lipinski definition) is 5. The van der Waals surface area contributed by atoms with E-state index >= 15 is 0 Å². The normalized spacial score (nSPS) is 20.1. The number of rotatable bonds is 3. The number of ether oxygens (including phenoxy) is 2. The number of nitrogens with zero attached hydrogens (tertiary/aromatic N) is 4. The Bertz CT molecular complexity index is 753. The van der Waals surface area contributed by atoms with Gasteiger partial charge in [0.15, 0.2) is 11.5 Å². The molecule has 2 saturated heterocycles. The summed E-state index contributed by atoms with van der Waals surface area (Å²) in [4.78, 5) is 32.8. The van der Waals surface area contributed by atoms with Crippen LogP contribution < -0.4 is 9.47 Å². The summed E-state index contributed by atoms with van der Waals surface area (Å²) in [6.07, 6.45) is 1.52. The van der Waals surface area contributed by atoms with Crippen molar-refractivity contribution in [3.63, 3.8) is 0 Å². The Labute approximate surface area is 171 Å². The fourth-order valence-corrected chi connectivity index (χ4v) is 4.28. The Morgan fingerprint density at radius 2 is 1.66 bits per heavy atom. The molecule has 29 heavy (non-hydrogen) atoms. The second-order valence-electron chi connectivity index (χ2n) is 8.23. The largest absolute Gasteiger partial charge is 0.454 e. The summed E-state index contributed by atoms with van der Waals surface area (Å²) in [6, 6.07) is 6.12. The lowest BCUT2D eigenvalue weighted by molar-refractivity contribution is -0.138. The molecular formula is C21H30N4O4. The third-order valence-corrected chi connectivity index (χ3v) is 6.02. The molecule has 0 bridgehead atoms. The maximum atomic E-state index is 12.9. The summed E-state index contributed by atoms with van der Waals surface area (Å²) >= 11 is 0. The predicted molar refractivity (Wildman–Crippen MR) is 108 cm³/mol. The lowest BCUT2D eigenvalue weighted by Gasteiger charge is -2.39. The van der Waals surface area contributed by atoms with Crippen molar-refractivity contribution in [1.82, 2.24) is 19.6 Å². The first-order valence-corrected chi connectivity index (χ1v) is 10.4. The van der Waals surface area contributed by atoms with E-state index in [0.717, 1.165) is 57.1 Å². The second-order valence-corrected chi connectivity index (χ2v) is 8.23. The van der Waals surface area contributed by atoms with E-state index in [4.69, 9.17) is 9.47 Å². The third-order valence-electron chi connectivity index (χ3n) is 6.02. The molecule has 8 heteroatoms. The molecule has 0 spiro atoms. The number of carbonyl (C=O) groups is 2. The van der Waals surface area contributed by atoms with Gasteiger partial charge >= 0.3 is 6.03 Å². The highest BCUT2D eigenvalue weighted by atomic mass is 16.7. The third kappa shape index (κ3) is 4.42. The van der Waals surface area contributed by atoms with Crippen LogP contribution in [0.15, 0.2) is 18.2 Å². The first kappa shape index (κ1) is 19.8. The van der Waals surface area contributed by atoms with Crippen LogP contribution in [0.4, 0.5) is 4.79 Å². The summed E-state index contributed by atoms with van der Waals surface area (Å²) in [6.45, 7) is 5.75. The van der Waals surface area contributed by atoms with Crippen LogP contribution in [-0.4, -0.2) is 91.7 Å². The monoisotopic (exact) mass is 402 g/mol. The van der Waals surface area contributed by atoms with Gasteiger partial charge in [0.1, 0.15) is 0 Å². The highest BCUT2D eigenvalue weighted by Gasteiger charge is 2.32. The topological polar surface area (TPSA) is 65.6 Å². The molecule has 3 aliphatic heterocycles. The zero-order valence-electron chi connectivity index (χ0n) is 17.3. The Morgan fingerprint density at radius 1 is 0.966 bits per heavy atom. The van der Waals surface area contributed by atoms with Crippen molar-refractivity contribution in [2.75, 3.05) is 60.2 Å². The lowest BCUT2D eigenvalue weighted by Crippen LogP contribution is -2.52. The quantitative estimate of drug-likeness (QED) is 0.766. The molecule has 0 aromatic heterocycles. The zero-order valence-corrected chi connectivity index (χ0v) is 17.3. The van der Waals surface area contributed by atoms with Crippen molar-refractivity contribution in [3.8, 4) is 11.5 Å². The van der Waals surface area contributed by atoms with E-state index in [1.807, 2.05) is 21.9 Å². The van der Waals surface area contributed by atoms with Crippen LogP contribution in [0, 0.1) is 5.92 Å². The highest BCUT2D eigenvalue weighted by molar-refractivity contribution is 5.80. The van der Waals surface area contributed by atoms with Crippen molar-refractivity contribution in [3.05, 3.63) is 23.8 Å². The average molecular weight is 402 g/mol. The first-order valence-electron chi connectivity index (χ1n) is 10.4. The molecule has 0 N–H and O–H groups in total. The highest BCUT2D eigenvalue weighted by Crippen LogP contribution is 2.33. The van der Waals surface area contributed by atoms with Gasteiger partial charge in [-0.15, -0.1) is 0 Å². The van der Waals surface area contributed by atoms with E-state index in [0.29, 0.717) is 19.9 Å². The van der Waals surface area contributed by atoms with E-state index in [2.05, 4.69) is 11.0 Å². The number of piperazine rings is 1. The fraction of sp³-hybridized carbons (Fsp3) is 0.619. The van der Waals surface area contributed by atoms with Crippen molar-refractivity contribution in [2.24, 2.45) is 5.92 Å². The standard InChI is InChI=1S/C21H30N4O4/c1-22(2)21(27)25-7-5-17(6-8-25)20(26)24-11-9-23(10-12-24)14-16-3-4-18-19(13-16)29-15-28-18/h3-4,13,17H,5-12,14-15H2,1-2H3. The second kappa shape index (κ2) is 8.49. The fourth-order valence-electron chi connectivity index (χ4n) is 4.28. The predicted octanol–water partition coefficient (Wildman–Crippen LogP) is 1.45. The number of fused-ring (bicyclic) bond motifs is 1. The Kier molecular flexibility index (Phi) is 5.80. The summed E-state index contributed by atoms with van der Waals surface area (Å²) in [5.41, 5.74) is 1.20. The minimum absolute atomic E-state index is 0.0352. The maximum absolute atomic E-state index is 12.9. The van der Waals surface area contributed by atoms with Gasteiger partial charge < -0.3 is 24.2 Å². The van der Waals surface area contributed by atoms with E-state index < -0.39 is 0 Å². The summed E-state index contributed by atoms with van der Waals surface area (Å²) in [5, 5.41) is 0. The van der Waals surface area contributed by atoms with Crippen LogP contribution in [0.25, 0.3) is 0 Å². The number of likely N-dealkylation sites (tertiary alicyclic amines) is 1. The van der Waals surface area contributed by atoms with Gasteiger partial charge in [-0.05, 0) is 30.5 Å². The molecule has 4 rings (SSSR count). The molecule has 8 nitrogen and oxygen atoms in total. The van der Waals surface area contributed by atoms with Crippen LogP contribution in [0.5, 0.6) is 11.5 Å². The summed E-state index contributed by atoms with van der Waals surface area (Å²) in [7, 11) is 3.53. The first-order chi connectivity index (χ1) is 14.0. The lowest BCUT2D eigenvalue weighted by atomic mass is 9.95. The number of benzene rings is 1. The molecule has 0 atom stereocenters. The van der Waals surface area contributed by atoms with E-state index in [9.17, 15) is 9.59 Å². The van der Waals surface area contributed by atoms with Crippen molar-refractivity contribution in [1.29, 1.82) is 0 Å². The maximum Gasteiger partial charge on any atom is 0.319 e. The molecule has 2 fully saturated rings. The number of hydrogen-bond donors (Lipinski definition) is 0. The molecule has 0 unspecified atom stereocenters. The van der Waals surface area contributed by atoms with Crippen LogP contribution in [0.1, 0.15) is 18.4 Å². The number of amides is 3. The molecule has 0 radical (unpaired) electrons. The van der Waals surface area contributed by atoms with Gasteiger partial charge in [-0.1, -0.05) is 6.07 Å². The van der Waals surface area contributed by atoms with Gasteiger partial charge in [0, 0.05) is 65.8 Å². The molecule has 1 aromatic carbocycles. The van der Waals surface area contributed by atoms with Crippen LogP contribution in [0.3, 0.4) is 0 Å². The van der Waals surface area contributed by atoms with Crippen molar-refractivity contribution < 1.29 is 19.1 Å². The van der Waals surface area contributed by atoms with Crippen molar-refractivity contribution in [2.45, 2.75) is 19.4 Å². The van der Waals surface area contributed by atoms with E-state index in [1.165, 1.54) is 5.56 Å². The Morgan fingerprint density at radius 3 is 2.34 bits per heavy atom. The number of piperidine rings is 1. The average Bonchev–Trinajstić information content (AvgIpc) is 3.21. The summed E-state index contributed by atoms with van der Waals surface area (Å²) in [5.74, 6) is 1.92. The van der Waals surface area contributed by atoms with Crippen LogP contribution in [-0.2, 0) is 11.3 Å². The molecule has 0 aliphatic carbocycles.